The first-order chi connectivity index (χ1) is 5.33. The van der Waals surface area contributed by atoms with Gasteiger partial charge in [-0.15, -0.1) is 0 Å². The Bertz CT molecular complexity index is 99.5. The highest BCUT2D eigenvalue weighted by Gasteiger charge is 2.16. The van der Waals surface area contributed by atoms with Crippen LogP contribution in [0.5, 0.6) is 0 Å². The van der Waals surface area contributed by atoms with E-state index in [0.29, 0.717) is 0 Å². The maximum absolute atomic E-state index is 12.6. The summed E-state index contributed by atoms with van der Waals surface area (Å²) in [5.74, 6) is 0. The minimum absolute atomic E-state index is 0.532. The number of rotatable bonds is 3. The lowest BCUT2D eigenvalue weighted by atomic mass is 10.1. The van der Waals surface area contributed by atoms with Crippen molar-refractivity contribution in [2.75, 3.05) is 25.0 Å². The Balaban J connectivity index is 2.07. The molecular formula is C8H15BrFN. The molecule has 3 heteroatoms. The van der Waals surface area contributed by atoms with Crippen molar-refractivity contribution in [3.63, 3.8) is 0 Å². The molecule has 1 fully saturated rings. The quantitative estimate of drug-likeness (QED) is 0.664. The first-order valence-corrected chi connectivity index (χ1v) is 5.37. The number of hydrogen-bond acceptors (Lipinski definition) is 1. The Hall–Kier alpha value is 0.370. The largest absolute Gasteiger partial charge is 0.303 e. The minimum atomic E-state index is -0.532. The molecule has 0 aromatic heterocycles. The van der Waals surface area contributed by atoms with Crippen LogP contribution in [0.3, 0.4) is 0 Å². The van der Waals surface area contributed by atoms with Gasteiger partial charge in [0.2, 0.25) is 0 Å². The number of alkyl halides is 2. The normalized spacial score (nSPS) is 22.4. The van der Waals surface area contributed by atoms with Crippen LogP contribution in [0.15, 0.2) is 0 Å². The number of halogens is 2. The Morgan fingerprint density at radius 1 is 1.36 bits per heavy atom. The fourth-order valence-electron chi connectivity index (χ4n) is 1.41. The molecule has 0 aliphatic carbocycles. The molecule has 11 heavy (non-hydrogen) atoms. The lowest BCUT2D eigenvalue weighted by Crippen LogP contribution is -2.35. The van der Waals surface area contributed by atoms with Crippen molar-refractivity contribution in [2.24, 2.45) is 0 Å². The molecule has 0 radical (unpaired) electrons. The maximum Gasteiger partial charge on any atom is 0.103 e. The summed E-state index contributed by atoms with van der Waals surface area (Å²) < 4.78 is 12.6. The molecule has 0 aromatic rings. The van der Waals surface area contributed by atoms with Crippen LogP contribution in [-0.2, 0) is 0 Å². The van der Waals surface area contributed by atoms with Crippen LogP contribution < -0.4 is 0 Å². The summed E-state index contributed by atoms with van der Waals surface area (Å²) >= 11 is 3.39. The predicted octanol–water partition coefficient (Wildman–Crippen LogP) is 2.21. The lowest BCUT2D eigenvalue weighted by molar-refractivity contribution is 0.151. The molecule has 1 aliphatic rings. The van der Waals surface area contributed by atoms with Crippen LogP contribution in [0.2, 0.25) is 0 Å². The highest BCUT2D eigenvalue weighted by Crippen LogP contribution is 2.13. The van der Waals surface area contributed by atoms with Crippen molar-refractivity contribution in [2.45, 2.75) is 25.4 Å². The molecule has 0 N–H and O–H groups in total. The van der Waals surface area contributed by atoms with Gasteiger partial charge in [0, 0.05) is 18.4 Å². The number of likely N-dealkylation sites (tertiary alicyclic amines) is 1. The third-order valence-corrected chi connectivity index (χ3v) is 2.69. The van der Waals surface area contributed by atoms with E-state index < -0.39 is 6.17 Å². The summed E-state index contributed by atoms with van der Waals surface area (Å²) in [6.07, 6.45) is 2.12. The minimum Gasteiger partial charge on any atom is -0.303 e. The van der Waals surface area contributed by atoms with Crippen molar-refractivity contribution in [3.8, 4) is 0 Å². The smallest absolute Gasteiger partial charge is 0.103 e. The van der Waals surface area contributed by atoms with E-state index in [0.717, 1.165) is 37.8 Å². The summed E-state index contributed by atoms with van der Waals surface area (Å²) in [5, 5.41) is 1.06. The zero-order valence-electron chi connectivity index (χ0n) is 6.73. The molecule has 1 aliphatic heterocycles. The number of nitrogens with zero attached hydrogens (tertiary/aromatic N) is 1. The standard InChI is InChI=1S/C8H15BrFN/c9-4-1-5-11-6-2-8(10)3-7-11/h8H,1-7H2. The Morgan fingerprint density at radius 3 is 2.55 bits per heavy atom. The second kappa shape index (κ2) is 5.09. The van der Waals surface area contributed by atoms with Crippen LogP contribution in [0.25, 0.3) is 0 Å². The van der Waals surface area contributed by atoms with Crippen LogP contribution in [-0.4, -0.2) is 36.0 Å². The Labute approximate surface area is 76.1 Å². The summed E-state index contributed by atoms with van der Waals surface area (Å²) in [6.45, 7) is 3.03. The van der Waals surface area contributed by atoms with Gasteiger partial charge in [0.25, 0.3) is 0 Å². The molecule has 0 bridgehead atoms. The van der Waals surface area contributed by atoms with E-state index in [1.807, 2.05) is 0 Å². The van der Waals surface area contributed by atoms with Crippen LogP contribution >= 0.6 is 15.9 Å². The van der Waals surface area contributed by atoms with Gasteiger partial charge >= 0.3 is 0 Å². The summed E-state index contributed by atoms with van der Waals surface area (Å²) in [5.41, 5.74) is 0. The molecule has 0 aromatic carbocycles. The molecule has 0 amide bonds. The molecule has 0 unspecified atom stereocenters. The fourth-order valence-corrected chi connectivity index (χ4v) is 1.66. The predicted molar refractivity (Wildman–Crippen MR) is 49.0 cm³/mol. The molecule has 1 heterocycles. The van der Waals surface area contributed by atoms with Crippen molar-refractivity contribution in [1.29, 1.82) is 0 Å². The van der Waals surface area contributed by atoms with Gasteiger partial charge in [-0.3, -0.25) is 0 Å². The van der Waals surface area contributed by atoms with E-state index in [4.69, 9.17) is 0 Å². The molecule has 1 rings (SSSR count). The van der Waals surface area contributed by atoms with Crippen molar-refractivity contribution in [3.05, 3.63) is 0 Å². The molecule has 1 nitrogen and oxygen atoms in total. The van der Waals surface area contributed by atoms with Gasteiger partial charge < -0.3 is 4.90 Å². The zero-order valence-corrected chi connectivity index (χ0v) is 8.32. The average Bonchev–Trinajstić information content (AvgIpc) is 2.04. The first kappa shape index (κ1) is 9.46. The van der Waals surface area contributed by atoms with E-state index in [1.54, 1.807) is 0 Å². The third kappa shape index (κ3) is 3.52. The SMILES string of the molecule is FC1CCN(CCCBr)CC1. The Kier molecular flexibility index (Phi) is 4.38. The van der Waals surface area contributed by atoms with Gasteiger partial charge in [-0.25, -0.2) is 4.39 Å². The van der Waals surface area contributed by atoms with E-state index in [-0.39, 0.29) is 0 Å². The van der Waals surface area contributed by atoms with E-state index in [9.17, 15) is 4.39 Å². The van der Waals surface area contributed by atoms with Gasteiger partial charge in [0.15, 0.2) is 0 Å². The molecule has 1 saturated heterocycles. The monoisotopic (exact) mass is 223 g/mol. The van der Waals surface area contributed by atoms with Crippen molar-refractivity contribution >= 4 is 15.9 Å². The van der Waals surface area contributed by atoms with Crippen LogP contribution in [0.4, 0.5) is 4.39 Å². The maximum atomic E-state index is 12.6. The summed E-state index contributed by atoms with van der Waals surface area (Å²) in [6, 6.07) is 0. The first-order valence-electron chi connectivity index (χ1n) is 4.25. The summed E-state index contributed by atoms with van der Waals surface area (Å²) in [4.78, 5) is 2.34. The van der Waals surface area contributed by atoms with Gasteiger partial charge in [-0.05, 0) is 25.8 Å². The second-order valence-electron chi connectivity index (χ2n) is 3.06. The highest BCUT2D eigenvalue weighted by molar-refractivity contribution is 9.09. The Morgan fingerprint density at radius 2 is 2.00 bits per heavy atom. The average molecular weight is 224 g/mol. The molecule has 0 spiro atoms. The molecular weight excluding hydrogens is 209 g/mol. The molecule has 0 atom stereocenters. The van der Waals surface area contributed by atoms with Crippen LogP contribution in [0.1, 0.15) is 19.3 Å². The van der Waals surface area contributed by atoms with E-state index in [2.05, 4.69) is 20.8 Å². The molecule has 0 saturated carbocycles. The lowest BCUT2D eigenvalue weighted by Gasteiger charge is -2.28. The van der Waals surface area contributed by atoms with Gasteiger partial charge in [0.05, 0.1) is 0 Å². The topological polar surface area (TPSA) is 3.24 Å². The summed E-state index contributed by atoms with van der Waals surface area (Å²) in [7, 11) is 0. The molecule has 66 valence electrons. The van der Waals surface area contributed by atoms with Crippen molar-refractivity contribution in [1.82, 2.24) is 4.90 Å². The van der Waals surface area contributed by atoms with Gasteiger partial charge in [-0.2, -0.15) is 0 Å². The zero-order chi connectivity index (χ0) is 8.10. The second-order valence-corrected chi connectivity index (χ2v) is 3.85. The fraction of sp³-hybridized carbons (Fsp3) is 1.00. The number of hydrogen-bond donors (Lipinski definition) is 0. The number of piperidine rings is 1. The van der Waals surface area contributed by atoms with Crippen LogP contribution in [0, 0.1) is 0 Å². The van der Waals surface area contributed by atoms with Gasteiger partial charge in [0.1, 0.15) is 6.17 Å². The highest BCUT2D eigenvalue weighted by atomic mass is 79.9. The van der Waals surface area contributed by atoms with E-state index in [1.165, 1.54) is 6.42 Å². The van der Waals surface area contributed by atoms with Gasteiger partial charge in [-0.1, -0.05) is 15.9 Å². The third-order valence-electron chi connectivity index (χ3n) is 2.13. The van der Waals surface area contributed by atoms with Crippen molar-refractivity contribution < 1.29 is 4.39 Å². The van der Waals surface area contributed by atoms with E-state index >= 15 is 0 Å².